The zero-order chi connectivity index (χ0) is 19.4. The second kappa shape index (κ2) is 8.95. The molecule has 0 radical (unpaired) electrons. The predicted octanol–water partition coefficient (Wildman–Crippen LogP) is 3.72. The molecule has 1 atom stereocenters. The summed E-state index contributed by atoms with van der Waals surface area (Å²) in [7, 11) is 0. The molecule has 1 aliphatic rings. The van der Waals surface area contributed by atoms with Gasteiger partial charge in [-0.1, -0.05) is 32.0 Å². The highest BCUT2D eigenvalue weighted by Crippen LogP contribution is 2.23. The van der Waals surface area contributed by atoms with Gasteiger partial charge in [-0.25, -0.2) is 4.98 Å². The fourth-order valence-electron chi connectivity index (χ4n) is 3.80. The Kier molecular flexibility index (Phi) is 6.63. The molecule has 2 aromatic heterocycles. The van der Waals surface area contributed by atoms with Gasteiger partial charge < -0.3 is 9.88 Å². The molecule has 3 heterocycles. The zero-order valence-electron chi connectivity index (χ0n) is 16.6. The molecule has 0 bridgehead atoms. The van der Waals surface area contributed by atoms with E-state index in [2.05, 4.69) is 23.8 Å². The highest BCUT2D eigenvalue weighted by Gasteiger charge is 2.25. The molecule has 0 saturated carbocycles. The van der Waals surface area contributed by atoms with Crippen LogP contribution in [0, 0.1) is 6.92 Å². The van der Waals surface area contributed by atoms with Crippen molar-refractivity contribution in [2.45, 2.75) is 77.0 Å². The number of nitrogens with one attached hydrogen (secondary N) is 1. The van der Waals surface area contributed by atoms with Gasteiger partial charge in [0.15, 0.2) is 5.16 Å². The number of aromatic amines is 1. The maximum absolute atomic E-state index is 12.9. The van der Waals surface area contributed by atoms with Crippen LogP contribution >= 0.6 is 11.8 Å². The summed E-state index contributed by atoms with van der Waals surface area (Å²) in [6.07, 6.45) is 6.31. The monoisotopic (exact) mass is 390 g/mol. The third-order valence-corrected chi connectivity index (χ3v) is 6.28. The quantitative estimate of drug-likeness (QED) is 0.578. The van der Waals surface area contributed by atoms with Crippen molar-refractivity contribution in [2.24, 2.45) is 0 Å². The number of hydrogen-bond donors (Lipinski definition) is 1. The summed E-state index contributed by atoms with van der Waals surface area (Å²) < 4.78 is 1.73. The first kappa shape index (κ1) is 20.0. The topological polar surface area (TPSA) is 71.0 Å². The van der Waals surface area contributed by atoms with Gasteiger partial charge in [-0.15, -0.1) is 0 Å². The number of aromatic nitrogens is 3. The summed E-state index contributed by atoms with van der Waals surface area (Å²) in [6.45, 7) is 7.66. The number of aryl methyl sites for hydroxylation is 1. The van der Waals surface area contributed by atoms with Crippen molar-refractivity contribution in [2.75, 3.05) is 12.3 Å². The van der Waals surface area contributed by atoms with Gasteiger partial charge in [-0.3, -0.25) is 14.2 Å². The summed E-state index contributed by atoms with van der Waals surface area (Å²) in [5, 5.41) is 0.651. The highest BCUT2D eigenvalue weighted by atomic mass is 32.2. The van der Waals surface area contributed by atoms with Gasteiger partial charge in [0.2, 0.25) is 5.91 Å². The molecule has 6 nitrogen and oxygen atoms in total. The number of likely N-dealkylation sites (tertiary alicyclic amines) is 1. The number of amides is 1. The SMILES string of the molecule is CCCCn1c(SCC(=O)N2CCCC[C@H]2CC)nc2cc(C)[nH]c2c1=O. The lowest BCUT2D eigenvalue weighted by molar-refractivity contribution is -0.132. The number of fused-ring (bicyclic) bond motifs is 1. The van der Waals surface area contributed by atoms with E-state index in [0.717, 1.165) is 44.3 Å². The Labute approximate surface area is 164 Å². The number of unbranched alkanes of at least 4 members (excludes halogenated alkanes) is 1. The number of thioether (sulfide) groups is 1. The molecule has 0 unspecified atom stereocenters. The van der Waals surface area contributed by atoms with Crippen molar-refractivity contribution in [3.8, 4) is 0 Å². The van der Waals surface area contributed by atoms with Crippen molar-refractivity contribution >= 4 is 28.7 Å². The van der Waals surface area contributed by atoms with Gasteiger partial charge in [0.1, 0.15) is 5.52 Å². The Hall–Kier alpha value is -1.76. The van der Waals surface area contributed by atoms with E-state index in [1.54, 1.807) is 4.57 Å². The minimum absolute atomic E-state index is 0.0408. The third-order valence-electron chi connectivity index (χ3n) is 5.32. The van der Waals surface area contributed by atoms with Crippen LogP contribution in [0.2, 0.25) is 0 Å². The van der Waals surface area contributed by atoms with E-state index in [1.807, 2.05) is 17.9 Å². The van der Waals surface area contributed by atoms with E-state index in [1.165, 1.54) is 18.2 Å². The van der Waals surface area contributed by atoms with Crippen molar-refractivity contribution in [1.29, 1.82) is 0 Å². The highest BCUT2D eigenvalue weighted by molar-refractivity contribution is 7.99. The molecular formula is C20H30N4O2S. The normalized spacial score (nSPS) is 17.6. The number of H-pyrrole nitrogens is 1. The predicted molar refractivity (Wildman–Crippen MR) is 110 cm³/mol. The van der Waals surface area contributed by atoms with Crippen LogP contribution in [0.15, 0.2) is 16.0 Å². The van der Waals surface area contributed by atoms with Gasteiger partial charge >= 0.3 is 0 Å². The van der Waals surface area contributed by atoms with Gasteiger partial charge in [-0.2, -0.15) is 0 Å². The van der Waals surface area contributed by atoms with Crippen LogP contribution in [0.3, 0.4) is 0 Å². The first-order chi connectivity index (χ1) is 13.0. The smallest absolute Gasteiger partial charge is 0.278 e. The molecule has 3 rings (SSSR count). The van der Waals surface area contributed by atoms with E-state index in [4.69, 9.17) is 0 Å². The maximum atomic E-state index is 12.9. The zero-order valence-corrected chi connectivity index (χ0v) is 17.4. The molecule has 1 saturated heterocycles. The summed E-state index contributed by atoms with van der Waals surface area (Å²) in [4.78, 5) is 35.5. The molecule has 0 aromatic carbocycles. The minimum atomic E-state index is -0.0408. The van der Waals surface area contributed by atoms with E-state index in [9.17, 15) is 9.59 Å². The number of piperidine rings is 1. The summed E-state index contributed by atoms with van der Waals surface area (Å²) in [6, 6.07) is 2.25. The fraction of sp³-hybridized carbons (Fsp3) is 0.650. The standard InChI is InChI=1S/C20H30N4O2S/c1-4-6-10-24-19(26)18-16(12-14(3)21-18)22-20(24)27-13-17(25)23-11-8-7-9-15(23)5-2/h12,15,21H,4-11,13H2,1-3H3/t15-/m1/s1. The molecule has 1 amide bonds. The molecule has 27 heavy (non-hydrogen) atoms. The lowest BCUT2D eigenvalue weighted by Gasteiger charge is -2.35. The lowest BCUT2D eigenvalue weighted by atomic mass is 10.0. The van der Waals surface area contributed by atoms with Crippen molar-refractivity contribution in [1.82, 2.24) is 19.4 Å². The molecule has 1 N–H and O–H groups in total. The maximum Gasteiger partial charge on any atom is 0.278 e. The first-order valence-electron chi connectivity index (χ1n) is 10.1. The number of nitrogens with zero attached hydrogens (tertiary/aromatic N) is 3. The van der Waals surface area contributed by atoms with E-state index >= 15 is 0 Å². The minimum Gasteiger partial charge on any atom is -0.353 e. The Balaban J connectivity index is 1.82. The molecule has 148 valence electrons. The number of hydrogen-bond acceptors (Lipinski definition) is 4. The first-order valence-corrected chi connectivity index (χ1v) is 11.1. The lowest BCUT2D eigenvalue weighted by Crippen LogP contribution is -2.44. The van der Waals surface area contributed by atoms with Crippen LogP contribution in [0.25, 0.3) is 11.0 Å². The summed E-state index contributed by atoms with van der Waals surface area (Å²) in [5.74, 6) is 0.498. The fourth-order valence-corrected chi connectivity index (χ4v) is 4.71. The van der Waals surface area contributed by atoms with E-state index < -0.39 is 0 Å². The molecule has 7 heteroatoms. The Bertz CT molecular complexity index is 858. The Morgan fingerprint density at radius 2 is 2.19 bits per heavy atom. The average Bonchev–Trinajstić information content (AvgIpc) is 3.06. The van der Waals surface area contributed by atoms with Crippen LogP contribution in [-0.2, 0) is 11.3 Å². The van der Waals surface area contributed by atoms with Crippen LogP contribution in [0.5, 0.6) is 0 Å². The van der Waals surface area contributed by atoms with Crippen molar-refractivity contribution in [3.05, 3.63) is 22.1 Å². The van der Waals surface area contributed by atoms with E-state index in [-0.39, 0.29) is 11.5 Å². The number of rotatable bonds is 7. The van der Waals surface area contributed by atoms with Crippen LogP contribution in [0.1, 0.15) is 58.1 Å². The van der Waals surface area contributed by atoms with E-state index in [0.29, 0.717) is 34.5 Å². The molecular weight excluding hydrogens is 360 g/mol. The third kappa shape index (κ3) is 4.39. The number of carbonyl (C=O) groups is 1. The Morgan fingerprint density at radius 1 is 1.37 bits per heavy atom. The molecule has 2 aromatic rings. The molecule has 1 aliphatic heterocycles. The average molecular weight is 391 g/mol. The van der Waals surface area contributed by atoms with Crippen LogP contribution in [0.4, 0.5) is 0 Å². The number of carbonyl (C=O) groups excluding carboxylic acids is 1. The van der Waals surface area contributed by atoms with Crippen molar-refractivity contribution in [3.63, 3.8) is 0 Å². The second-order valence-corrected chi connectivity index (χ2v) is 8.29. The van der Waals surface area contributed by atoms with Crippen LogP contribution < -0.4 is 5.56 Å². The summed E-state index contributed by atoms with van der Waals surface area (Å²) in [5.41, 5.74) is 2.13. The largest absolute Gasteiger partial charge is 0.353 e. The second-order valence-electron chi connectivity index (χ2n) is 7.35. The van der Waals surface area contributed by atoms with Gasteiger partial charge in [0.05, 0.1) is 11.3 Å². The van der Waals surface area contributed by atoms with Crippen LogP contribution in [-0.4, -0.2) is 43.7 Å². The molecule has 1 fully saturated rings. The molecule has 0 spiro atoms. The van der Waals surface area contributed by atoms with Gasteiger partial charge in [0.25, 0.3) is 5.56 Å². The Morgan fingerprint density at radius 3 is 2.93 bits per heavy atom. The van der Waals surface area contributed by atoms with Crippen molar-refractivity contribution < 1.29 is 4.79 Å². The van der Waals surface area contributed by atoms with Gasteiger partial charge in [-0.05, 0) is 45.1 Å². The van der Waals surface area contributed by atoms with Gasteiger partial charge in [0, 0.05) is 24.8 Å². The summed E-state index contributed by atoms with van der Waals surface area (Å²) >= 11 is 1.40. The molecule has 0 aliphatic carbocycles.